The minimum atomic E-state index is -1.82. The fourth-order valence-corrected chi connectivity index (χ4v) is 3.62. The lowest BCUT2D eigenvalue weighted by Gasteiger charge is -2.15. The molecule has 178 valence electrons. The number of aryl methyl sites for hydroxylation is 1. The number of nitrogens with one attached hydrogen (secondary N) is 2. The Balaban J connectivity index is 0.000000569. The highest BCUT2D eigenvalue weighted by Gasteiger charge is 2.12. The fourth-order valence-electron chi connectivity index (χ4n) is 3.62. The summed E-state index contributed by atoms with van der Waals surface area (Å²) in [5.74, 6) is -1.03. The molecule has 0 radical (unpaired) electrons. The standard InChI is InChI=1S/C22H28N2O3.C2H2O4/c1-14-21(26-4)9-6-16(22(14)27-5)13-23-11-10-18-15(2)24-20-8-7-17(25-3)12-19(18)20;3-1(4)2(5)6/h6-9,12,23-24H,10-11,13H2,1-5H3;(H,3,4)(H,5,6). The van der Waals surface area contributed by atoms with Gasteiger partial charge in [-0.3, -0.25) is 0 Å². The normalized spacial score (nSPS) is 10.3. The number of ether oxygens (including phenoxy) is 3. The average molecular weight is 459 g/mol. The Bertz CT molecular complexity index is 1110. The largest absolute Gasteiger partial charge is 0.497 e. The second-order valence-electron chi connectivity index (χ2n) is 7.26. The average Bonchev–Trinajstić information content (AvgIpc) is 3.11. The molecule has 0 saturated carbocycles. The van der Waals surface area contributed by atoms with Gasteiger partial charge < -0.3 is 34.7 Å². The Hall–Kier alpha value is -3.72. The minimum Gasteiger partial charge on any atom is -0.497 e. The first-order valence-corrected chi connectivity index (χ1v) is 10.3. The van der Waals surface area contributed by atoms with Crippen molar-refractivity contribution < 1.29 is 34.0 Å². The van der Waals surface area contributed by atoms with E-state index in [-0.39, 0.29) is 0 Å². The van der Waals surface area contributed by atoms with Gasteiger partial charge in [0.1, 0.15) is 17.2 Å². The fraction of sp³-hybridized carbons (Fsp3) is 0.333. The van der Waals surface area contributed by atoms with Crippen molar-refractivity contribution in [2.24, 2.45) is 0 Å². The third-order valence-corrected chi connectivity index (χ3v) is 5.24. The number of hydrogen-bond donors (Lipinski definition) is 4. The smallest absolute Gasteiger partial charge is 0.414 e. The van der Waals surface area contributed by atoms with Crippen molar-refractivity contribution in [2.75, 3.05) is 27.9 Å². The summed E-state index contributed by atoms with van der Waals surface area (Å²) >= 11 is 0. The summed E-state index contributed by atoms with van der Waals surface area (Å²) in [4.78, 5) is 21.7. The van der Waals surface area contributed by atoms with Crippen LogP contribution in [-0.2, 0) is 22.6 Å². The molecule has 0 bridgehead atoms. The third kappa shape index (κ3) is 6.39. The number of aromatic amines is 1. The molecule has 4 N–H and O–H groups in total. The maximum absolute atomic E-state index is 9.10. The molecule has 0 spiro atoms. The molecular weight excluding hydrogens is 428 g/mol. The molecule has 0 fully saturated rings. The van der Waals surface area contributed by atoms with E-state index < -0.39 is 11.9 Å². The van der Waals surface area contributed by atoms with Gasteiger partial charge in [-0.1, -0.05) is 6.07 Å². The van der Waals surface area contributed by atoms with Crippen LogP contribution in [0.5, 0.6) is 17.2 Å². The highest BCUT2D eigenvalue weighted by molar-refractivity contribution is 6.27. The third-order valence-electron chi connectivity index (χ3n) is 5.24. The number of rotatable bonds is 8. The van der Waals surface area contributed by atoms with E-state index in [1.807, 2.05) is 19.1 Å². The zero-order valence-corrected chi connectivity index (χ0v) is 19.4. The SMILES string of the molecule is COc1ccc2[nH]c(C)c(CCNCc3ccc(OC)c(C)c3OC)c2c1.O=C(O)C(=O)O. The molecule has 9 nitrogen and oxygen atoms in total. The number of hydrogen-bond acceptors (Lipinski definition) is 6. The Morgan fingerprint density at radius 1 is 0.970 bits per heavy atom. The maximum Gasteiger partial charge on any atom is 0.414 e. The molecule has 2 aromatic carbocycles. The first-order chi connectivity index (χ1) is 15.7. The van der Waals surface area contributed by atoms with E-state index >= 15 is 0 Å². The first-order valence-electron chi connectivity index (χ1n) is 10.3. The van der Waals surface area contributed by atoms with E-state index in [1.54, 1.807) is 21.3 Å². The molecule has 0 amide bonds. The monoisotopic (exact) mass is 458 g/mol. The number of aromatic nitrogens is 1. The highest BCUT2D eigenvalue weighted by Crippen LogP contribution is 2.31. The number of benzene rings is 2. The second-order valence-corrected chi connectivity index (χ2v) is 7.26. The zero-order chi connectivity index (χ0) is 24.5. The summed E-state index contributed by atoms with van der Waals surface area (Å²) in [6, 6.07) is 10.2. The van der Waals surface area contributed by atoms with Crippen LogP contribution in [-0.4, -0.2) is 55.0 Å². The van der Waals surface area contributed by atoms with E-state index in [4.69, 9.17) is 34.0 Å². The van der Waals surface area contributed by atoms with E-state index in [0.717, 1.165) is 53.4 Å². The van der Waals surface area contributed by atoms with Gasteiger partial charge in [0, 0.05) is 34.3 Å². The predicted molar refractivity (Wildman–Crippen MR) is 125 cm³/mol. The lowest BCUT2D eigenvalue weighted by atomic mass is 10.1. The zero-order valence-electron chi connectivity index (χ0n) is 19.4. The second kappa shape index (κ2) is 11.8. The number of carbonyl (C=O) groups is 2. The number of carboxylic acid groups (broad SMARTS) is 2. The number of aliphatic carboxylic acids is 2. The molecule has 0 atom stereocenters. The molecule has 0 aliphatic heterocycles. The van der Waals surface area contributed by atoms with Crippen LogP contribution in [0.2, 0.25) is 0 Å². The van der Waals surface area contributed by atoms with Crippen molar-refractivity contribution in [1.29, 1.82) is 0 Å². The van der Waals surface area contributed by atoms with Crippen LogP contribution in [0, 0.1) is 13.8 Å². The van der Waals surface area contributed by atoms with Gasteiger partial charge in [-0.2, -0.15) is 0 Å². The quantitative estimate of drug-likeness (QED) is 0.299. The van der Waals surface area contributed by atoms with Gasteiger partial charge in [-0.25, -0.2) is 9.59 Å². The van der Waals surface area contributed by atoms with Gasteiger partial charge in [0.25, 0.3) is 0 Å². The Morgan fingerprint density at radius 3 is 2.24 bits per heavy atom. The molecule has 3 aromatic rings. The Morgan fingerprint density at radius 2 is 1.67 bits per heavy atom. The first kappa shape index (κ1) is 25.5. The van der Waals surface area contributed by atoms with Crippen molar-refractivity contribution in [2.45, 2.75) is 26.8 Å². The maximum atomic E-state index is 9.10. The number of methoxy groups -OCH3 is 3. The number of H-pyrrole nitrogens is 1. The van der Waals surface area contributed by atoms with E-state index in [0.29, 0.717) is 0 Å². The highest BCUT2D eigenvalue weighted by atomic mass is 16.5. The summed E-state index contributed by atoms with van der Waals surface area (Å²) in [6.45, 7) is 5.76. The molecular formula is C24H30N2O7. The number of carboxylic acids is 2. The Kier molecular flexibility index (Phi) is 9.11. The van der Waals surface area contributed by atoms with Gasteiger partial charge in [0.2, 0.25) is 0 Å². The topological polar surface area (TPSA) is 130 Å². The lowest BCUT2D eigenvalue weighted by molar-refractivity contribution is -0.159. The predicted octanol–water partition coefficient (Wildman–Crippen LogP) is 3.30. The number of fused-ring (bicyclic) bond motifs is 1. The van der Waals surface area contributed by atoms with Gasteiger partial charge in [0.05, 0.1) is 21.3 Å². The Labute approximate surface area is 192 Å². The van der Waals surface area contributed by atoms with E-state index in [9.17, 15) is 0 Å². The van der Waals surface area contributed by atoms with Crippen LogP contribution in [0.25, 0.3) is 10.9 Å². The van der Waals surface area contributed by atoms with Crippen LogP contribution in [0.3, 0.4) is 0 Å². The van der Waals surface area contributed by atoms with Gasteiger partial charge in [0.15, 0.2) is 0 Å². The van der Waals surface area contributed by atoms with Crippen molar-refractivity contribution in [3.05, 3.63) is 52.7 Å². The van der Waals surface area contributed by atoms with Gasteiger partial charge in [-0.15, -0.1) is 0 Å². The van der Waals surface area contributed by atoms with Crippen LogP contribution in [0.15, 0.2) is 30.3 Å². The molecule has 9 heteroatoms. The van der Waals surface area contributed by atoms with Crippen molar-refractivity contribution >= 4 is 22.8 Å². The van der Waals surface area contributed by atoms with Crippen molar-refractivity contribution in [3.63, 3.8) is 0 Å². The molecule has 1 heterocycles. The van der Waals surface area contributed by atoms with E-state index in [1.165, 1.54) is 16.6 Å². The molecule has 0 saturated heterocycles. The minimum absolute atomic E-state index is 0.749. The summed E-state index contributed by atoms with van der Waals surface area (Å²) in [5.41, 5.74) is 5.84. The van der Waals surface area contributed by atoms with Crippen molar-refractivity contribution in [1.82, 2.24) is 10.3 Å². The molecule has 0 aliphatic carbocycles. The molecule has 0 aliphatic rings. The molecule has 1 aromatic heterocycles. The molecule has 0 unspecified atom stereocenters. The summed E-state index contributed by atoms with van der Waals surface area (Å²) in [6.07, 6.45) is 0.941. The van der Waals surface area contributed by atoms with E-state index in [2.05, 4.69) is 35.4 Å². The van der Waals surface area contributed by atoms with Gasteiger partial charge in [-0.05, 0) is 56.6 Å². The molecule has 3 rings (SSSR count). The van der Waals surface area contributed by atoms with Crippen LogP contribution < -0.4 is 19.5 Å². The summed E-state index contributed by atoms with van der Waals surface area (Å²) < 4.78 is 16.3. The van der Waals surface area contributed by atoms with Crippen molar-refractivity contribution in [3.8, 4) is 17.2 Å². The lowest BCUT2D eigenvalue weighted by Crippen LogP contribution is -2.17. The van der Waals surface area contributed by atoms with Crippen LogP contribution in [0.4, 0.5) is 0 Å². The van der Waals surface area contributed by atoms with Crippen LogP contribution >= 0.6 is 0 Å². The van der Waals surface area contributed by atoms with Gasteiger partial charge >= 0.3 is 11.9 Å². The van der Waals surface area contributed by atoms with Crippen LogP contribution in [0.1, 0.15) is 22.4 Å². The summed E-state index contributed by atoms with van der Waals surface area (Å²) in [7, 11) is 5.08. The molecule has 33 heavy (non-hydrogen) atoms. The summed E-state index contributed by atoms with van der Waals surface area (Å²) in [5, 5.41) is 19.5.